The van der Waals surface area contributed by atoms with E-state index in [1.54, 1.807) is 0 Å². The maximum atomic E-state index is 9.51. The van der Waals surface area contributed by atoms with Gasteiger partial charge in [0.25, 0.3) is 0 Å². The highest BCUT2D eigenvalue weighted by Gasteiger charge is 2.42. The van der Waals surface area contributed by atoms with E-state index in [0.29, 0.717) is 5.92 Å². The molecule has 1 aliphatic carbocycles. The highest BCUT2D eigenvalue weighted by atomic mass is 15.3. The summed E-state index contributed by atoms with van der Waals surface area (Å²) in [7, 11) is 4.16. The van der Waals surface area contributed by atoms with Crippen molar-refractivity contribution in [3.8, 4) is 6.07 Å². The first-order valence-electron chi connectivity index (χ1n) is 7.97. The lowest BCUT2D eigenvalue weighted by Gasteiger charge is -2.45. The Morgan fingerprint density at radius 2 is 2.10 bits per heavy atom. The maximum Gasteiger partial charge on any atom is 0.109 e. The average Bonchev–Trinajstić information content (AvgIpc) is 2.83. The van der Waals surface area contributed by atoms with Gasteiger partial charge < -0.3 is 10.2 Å². The first-order valence-corrected chi connectivity index (χ1v) is 7.97. The molecule has 0 radical (unpaired) electrons. The molecule has 0 aromatic carbocycles. The quantitative estimate of drug-likeness (QED) is 0.850. The molecule has 1 N–H and O–H groups in total. The van der Waals surface area contributed by atoms with E-state index >= 15 is 0 Å². The van der Waals surface area contributed by atoms with Crippen LogP contribution in [0.5, 0.6) is 0 Å². The third-order valence-corrected chi connectivity index (χ3v) is 5.66. The molecular weight excluding hydrogens is 248 g/mol. The van der Waals surface area contributed by atoms with Gasteiger partial charge in [0.2, 0.25) is 0 Å². The van der Waals surface area contributed by atoms with Crippen molar-refractivity contribution in [2.24, 2.45) is 5.92 Å². The van der Waals surface area contributed by atoms with Gasteiger partial charge in [0.05, 0.1) is 6.07 Å². The van der Waals surface area contributed by atoms with Crippen LogP contribution in [0.2, 0.25) is 0 Å². The summed E-state index contributed by atoms with van der Waals surface area (Å²) in [6, 6.07) is 2.55. The first-order chi connectivity index (χ1) is 9.43. The van der Waals surface area contributed by atoms with Crippen molar-refractivity contribution in [3.05, 3.63) is 0 Å². The molecule has 1 saturated heterocycles. The van der Waals surface area contributed by atoms with Crippen molar-refractivity contribution in [1.29, 1.82) is 5.26 Å². The third kappa shape index (κ3) is 3.00. The highest BCUT2D eigenvalue weighted by molar-refractivity contribution is 5.13. The van der Waals surface area contributed by atoms with Crippen LogP contribution in [0.3, 0.4) is 0 Å². The second kappa shape index (κ2) is 6.01. The molecule has 0 aromatic rings. The van der Waals surface area contributed by atoms with E-state index in [-0.39, 0.29) is 11.1 Å². The minimum atomic E-state index is -0.262. The summed E-state index contributed by atoms with van der Waals surface area (Å²) in [4.78, 5) is 5.03. The largest absolute Gasteiger partial charge is 0.302 e. The summed E-state index contributed by atoms with van der Waals surface area (Å²) in [6.45, 7) is 9.21. The van der Waals surface area contributed by atoms with Crippen LogP contribution >= 0.6 is 0 Å². The Morgan fingerprint density at radius 3 is 2.70 bits per heavy atom. The normalized spacial score (nSPS) is 35.0. The van der Waals surface area contributed by atoms with Crippen LogP contribution in [0, 0.1) is 17.2 Å². The lowest BCUT2D eigenvalue weighted by molar-refractivity contribution is 0.0362. The third-order valence-electron chi connectivity index (χ3n) is 5.66. The Hall–Kier alpha value is -0.630. The molecule has 1 heterocycles. The van der Waals surface area contributed by atoms with E-state index in [2.05, 4.69) is 42.1 Å². The summed E-state index contributed by atoms with van der Waals surface area (Å²) in [5.74, 6) is 0.514. The van der Waals surface area contributed by atoms with Gasteiger partial charge in [0.15, 0.2) is 0 Å². The van der Waals surface area contributed by atoms with Gasteiger partial charge >= 0.3 is 0 Å². The zero-order valence-electron chi connectivity index (χ0n) is 13.6. The van der Waals surface area contributed by atoms with E-state index in [9.17, 15) is 5.26 Å². The number of nitrogens with one attached hydrogen (secondary N) is 1. The van der Waals surface area contributed by atoms with Gasteiger partial charge in [-0.15, -0.1) is 0 Å². The van der Waals surface area contributed by atoms with Gasteiger partial charge in [0.1, 0.15) is 5.54 Å². The molecule has 2 atom stereocenters. The number of piperazine rings is 1. The smallest absolute Gasteiger partial charge is 0.109 e. The van der Waals surface area contributed by atoms with Crippen molar-refractivity contribution >= 4 is 0 Å². The summed E-state index contributed by atoms with van der Waals surface area (Å²) in [6.07, 6.45) is 4.55. The molecule has 4 nitrogen and oxygen atoms in total. The van der Waals surface area contributed by atoms with Crippen LogP contribution in [0.1, 0.15) is 39.5 Å². The van der Waals surface area contributed by atoms with Crippen LogP contribution in [0.25, 0.3) is 0 Å². The van der Waals surface area contributed by atoms with Gasteiger partial charge in [-0.3, -0.25) is 4.90 Å². The fourth-order valence-electron chi connectivity index (χ4n) is 3.87. The number of nitriles is 1. The molecular formula is C16H30N4. The van der Waals surface area contributed by atoms with E-state index in [1.165, 1.54) is 12.8 Å². The lowest BCUT2D eigenvalue weighted by Crippen LogP contribution is -2.58. The highest BCUT2D eigenvalue weighted by Crippen LogP contribution is 2.37. The van der Waals surface area contributed by atoms with Gasteiger partial charge in [-0.25, -0.2) is 0 Å². The second-order valence-corrected chi connectivity index (χ2v) is 7.22. The van der Waals surface area contributed by atoms with Crippen molar-refractivity contribution in [3.63, 3.8) is 0 Å². The molecule has 114 valence electrons. The summed E-state index contributed by atoms with van der Waals surface area (Å²) >= 11 is 0. The monoisotopic (exact) mass is 278 g/mol. The molecule has 2 aliphatic rings. The van der Waals surface area contributed by atoms with Gasteiger partial charge in [-0.05, 0) is 59.7 Å². The topological polar surface area (TPSA) is 42.3 Å². The number of nitrogens with zero attached hydrogens (tertiary/aromatic N) is 3. The van der Waals surface area contributed by atoms with Gasteiger partial charge in [-0.2, -0.15) is 5.26 Å². The Labute approximate surface area is 124 Å². The molecule has 2 fully saturated rings. The number of hydrogen-bond acceptors (Lipinski definition) is 4. The van der Waals surface area contributed by atoms with Gasteiger partial charge in [0, 0.05) is 25.2 Å². The van der Waals surface area contributed by atoms with E-state index < -0.39 is 0 Å². The fourth-order valence-corrected chi connectivity index (χ4v) is 3.87. The predicted molar refractivity (Wildman–Crippen MR) is 82.5 cm³/mol. The van der Waals surface area contributed by atoms with Crippen molar-refractivity contribution < 1.29 is 0 Å². The molecule has 2 rings (SSSR count). The van der Waals surface area contributed by atoms with Crippen LogP contribution in [0.15, 0.2) is 0 Å². The fraction of sp³-hybridized carbons (Fsp3) is 0.938. The standard InChI is InChI=1S/C16H30N4/c1-15(2)13-20(11-10-19(15)4)9-7-14-6-5-8-16(14,12-17)18-3/h14,18H,5-11,13H2,1-4H3. The molecule has 0 aromatic heterocycles. The SMILES string of the molecule is CNC1(C#N)CCCC1CCN1CCN(C)C(C)(C)C1. The molecule has 0 amide bonds. The van der Waals surface area contributed by atoms with Crippen LogP contribution in [-0.2, 0) is 0 Å². The number of hydrogen-bond donors (Lipinski definition) is 1. The second-order valence-electron chi connectivity index (χ2n) is 7.22. The van der Waals surface area contributed by atoms with Crippen molar-refractivity contribution in [2.75, 3.05) is 40.3 Å². The van der Waals surface area contributed by atoms with Crippen LogP contribution < -0.4 is 5.32 Å². The lowest BCUT2D eigenvalue weighted by atomic mass is 9.85. The predicted octanol–water partition coefficient (Wildman–Crippen LogP) is 1.68. The van der Waals surface area contributed by atoms with E-state index in [0.717, 1.165) is 39.0 Å². The van der Waals surface area contributed by atoms with E-state index in [1.807, 2.05) is 7.05 Å². The first kappa shape index (κ1) is 15.8. The summed E-state index contributed by atoms with van der Waals surface area (Å²) in [5.41, 5.74) is 0.00530. The van der Waals surface area contributed by atoms with Crippen molar-refractivity contribution in [1.82, 2.24) is 15.1 Å². The Morgan fingerprint density at radius 1 is 1.35 bits per heavy atom. The van der Waals surface area contributed by atoms with Gasteiger partial charge in [-0.1, -0.05) is 6.42 Å². The Balaban J connectivity index is 1.88. The Bertz CT molecular complexity index is 373. The summed E-state index contributed by atoms with van der Waals surface area (Å²) in [5, 5.41) is 12.8. The van der Waals surface area contributed by atoms with Crippen molar-refractivity contribution in [2.45, 2.75) is 50.6 Å². The minimum Gasteiger partial charge on any atom is -0.302 e. The molecule has 1 aliphatic heterocycles. The Kier molecular flexibility index (Phi) is 4.73. The molecule has 4 heteroatoms. The number of likely N-dealkylation sites (N-methyl/N-ethyl adjacent to an activating group) is 1. The molecule has 20 heavy (non-hydrogen) atoms. The summed E-state index contributed by atoms with van der Waals surface area (Å²) < 4.78 is 0. The molecule has 0 bridgehead atoms. The minimum absolute atomic E-state index is 0.262. The van der Waals surface area contributed by atoms with Crippen LogP contribution in [-0.4, -0.2) is 61.2 Å². The average molecular weight is 278 g/mol. The van der Waals surface area contributed by atoms with Crippen LogP contribution in [0.4, 0.5) is 0 Å². The zero-order chi connectivity index (χ0) is 14.8. The molecule has 2 unspecified atom stereocenters. The maximum absolute atomic E-state index is 9.51. The molecule has 0 spiro atoms. The molecule has 1 saturated carbocycles. The number of rotatable bonds is 4. The van der Waals surface area contributed by atoms with E-state index in [4.69, 9.17) is 0 Å². The zero-order valence-corrected chi connectivity index (χ0v) is 13.6.